The van der Waals surface area contributed by atoms with Crippen LogP contribution in [0.1, 0.15) is 50.4 Å². The monoisotopic (exact) mass is 389 g/mol. The molecule has 0 fully saturated rings. The Morgan fingerprint density at radius 2 is 1.95 bits per heavy atom. The first-order valence-electron chi connectivity index (χ1n) is 6.73. The predicted octanol–water partition coefficient (Wildman–Crippen LogP) is 5.25. The lowest BCUT2D eigenvalue weighted by Crippen LogP contribution is -2.37. The summed E-state index contributed by atoms with van der Waals surface area (Å²) in [6.07, 6.45) is 3.39. The molecule has 0 aliphatic heterocycles. The van der Waals surface area contributed by atoms with Gasteiger partial charge in [-0.25, -0.2) is 0 Å². The van der Waals surface area contributed by atoms with Crippen LogP contribution in [0.4, 0.5) is 0 Å². The van der Waals surface area contributed by atoms with E-state index in [0.717, 1.165) is 33.9 Å². The van der Waals surface area contributed by atoms with Crippen LogP contribution in [0.15, 0.2) is 27.1 Å². The molecular formula is C15H21Br2NO. The van der Waals surface area contributed by atoms with Gasteiger partial charge in [-0.3, -0.25) is 4.79 Å². The maximum atomic E-state index is 12.6. The van der Waals surface area contributed by atoms with E-state index >= 15 is 0 Å². The van der Waals surface area contributed by atoms with E-state index < -0.39 is 0 Å². The molecule has 19 heavy (non-hydrogen) atoms. The van der Waals surface area contributed by atoms with Gasteiger partial charge >= 0.3 is 0 Å². The minimum Gasteiger partial charge on any atom is -0.336 e. The molecule has 0 aliphatic carbocycles. The van der Waals surface area contributed by atoms with Gasteiger partial charge in [0, 0.05) is 21.5 Å². The van der Waals surface area contributed by atoms with Crippen molar-refractivity contribution in [3.63, 3.8) is 0 Å². The summed E-state index contributed by atoms with van der Waals surface area (Å²) >= 11 is 6.89. The molecule has 0 heterocycles. The molecule has 0 saturated heterocycles. The Balaban J connectivity index is 2.89. The normalized spacial score (nSPS) is 10.8. The van der Waals surface area contributed by atoms with Gasteiger partial charge < -0.3 is 4.90 Å². The molecule has 1 aromatic carbocycles. The van der Waals surface area contributed by atoms with Crippen LogP contribution in [-0.4, -0.2) is 23.4 Å². The molecule has 1 aromatic rings. The summed E-state index contributed by atoms with van der Waals surface area (Å²) in [6.45, 7) is 7.13. The van der Waals surface area contributed by atoms with E-state index in [4.69, 9.17) is 0 Å². The van der Waals surface area contributed by atoms with Crippen molar-refractivity contribution >= 4 is 37.8 Å². The van der Waals surface area contributed by atoms with Gasteiger partial charge in [0.1, 0.15) is 0 Å². The van der Waals surface area contributed by atoms with Gasteiger partial charge in [-0.15, -0.1) is 0 Å². The van der Waals surface area contributed by atoms with Crippen molar-refractivity contribution < 1.29 is 4.79 Å². The first-order chi connectivity index (χ1) is 8.97. The second-order valence-electron chi connectivity index (χ2n) is 4.92. The van der Waals surface area contributed by atoms with E-state index in [2.05, 4.69) is 52.6 Å². The summed E-state index contributed by atoms with van der Waals surface area (Å²) in [5, 5.41) is 0. The molecule has 0 saturated carbocycles. The topological polar surface area (TPSA) is 20.3 Å². The maximum Gasteiger partial charge on any atom is 0.255 e. The third-order valence-corrected chi connectivity index (χ3v) is 4.23. The fourth-order valence-corrected chi connectivity index (χ4v) is 2.72. The van der Waals surface area contributed by atoms with Crippen molar-refractivity contribution in [2.45, 2.75) is 46.1 Å². The molecule has 0 spiro atoms. The maximum absolute atomic E-state index is 12.6. The van der Waals surface area contributed by atoms with Gasteiger partial charge in [-0.2, -0.15) is 0 Å². The molecule has 0 atom stereocenters. The fraction of sp³-hybridized carbons (Fsp3) is 0.533. The number of rotatable bonds is 6. The quantitative estimate of drug-likeness (QED) is 0.607. The molecular weight excluding hydrogens is 370 g/mol. The summed E-state index contributed by atoms with van der Waals surface area (Å²) in [5.74, 6) is 0.0966. The lowest BCUT2D eigenvalue weighted by Gasteiger charge is -2.27. The van der Waals surface area contributed by atoms with Crippen LogP contribution in [0.25, 0.3) is 0 Å². The van der Waals surface area contributed by atoms with Crippen molar-refractivity contribution in [3.05, 3.63) is 32.7 Å². The first kappa shape index (κ1) is 16.7. The van der Waals surface area contributed by atoms with Gasteiger partial charge in [0.15, 0.2) is 0 Å². The smallest absolute Gasteiger partial charge is 0.255 e. The van der Waals surface area contributed by atoms with Gasteiger partial charge in [-0.05, 0) is 54.4 Å². The summed E-state index contributed by atoms with van der Waals surface area (Å²) in [4.78, 5) is 14.6. The van der Waals surface area contributed by atoms with Gasteiger partial charge in [-0.1, -0.05) is 35.7 Å². The zero-order valence-electron chi connectivity index (χ0n) is 11.7. The third kappa shape index (κ3) is 4.92. The molecule has 0 radical (unpaired) electrons. The number of carbonyl (C=O) groups is 1. The summed E-state index contributed by atoms with van der Waals surface area (Å²) in [6, 6.07) is 5.93. The fourth-order valence-electron chi connectivity index (χ4n) is 1.94. The number of hydrogen-bond acceptors (Lipinski definition) is 1. The van der Waals surface area contributed by atoms with Crippen LogP contribution in [0.2, 0.25) is 0 Å². The molecule has 4 heteroatoms. The highest BCUT2D eigenvalue weighted by molar-refractivity contribution is 9.11. The Kier molecular flexibility index (Phi) is 7.08. The van der Waals surface area contributed by atoms with E-state index in [0.29, 0.717) is 0 Å². The second-order valence-corrected chi connectivity index (χ2v) is 6.69. The highest BCUT2D eigenvalue weighted by atomic mass is 79.9. The lowest BCUT2D eigenvalue weighted by molar-refractivity contribution is 0.0701. The van der Waals surface area contributed by atoms with Crippen LogP contribution in [0, 0.1) is 0 Å². The van der Waals surface area contributed by atoms with Crippen LogP contribution in [0.5, 0.6) is 0 Å². The highest BCUT2D eigenvalue weighted by Crippen LogP contribution is 2.23. The number of hydrogen-bond donors (Lipinski definition) is 0. The average Bonchev–Trinajstić information content (AvgIpc) is 2.36. The SMILES string of the molecule is CCCCCN(C(=O)c1cc(Br)ccc1Br)C(C)C. The molecule has 1 amide bonds. The molecule has 0 aliphatic rings. The number of halogens is 2. The summed E-state index contributed by atoms with van der Waals surface area (Å²) < 4.78 is 1.78. The van der Waals surface area contributed by atoms with Gasteiger partial charge in [0.05, 0.1) is 5.56 Å². The van der Waals surface area contributed by atoms with E-state index in [1.165, 1.54) is 6.42 Å². The molecule has 0 aromatic heterocycles. The van der Waals surface area contributed by atoms with E-state index in [-0.39, 0.29) is 11.9 Å². The first-order valence-corrected chi connectivity index (χ1v) is 8.32. The minimum atomic E-state index is 0.0966. The molecule has 0 unspecified atom stereocenters. The largest absolute Gasteiger partial charge is 0.336 e. The number of unbranched alkanes of at least 4 members (excludes halogenated alkanes) is 2. The molecule has 2 nitrogen and oxygen atoms in total. The Bertz CT molecular complexity index is 432. The molecule has 106 valence electrons. The summed E-state index contributed by atoms with van der Waals surface area (Å²) in [5.41, 5.74) is 0.722. The van der Waals surface area contributed by atoms with Crippen molar-refractivity contribution in [2.75, 3.05) is 6.54 Å². The van der Waals surface area contributed by atoms with Crippen molar-refractivity contribution in [1.82, 2.24) is 4.90 Å². The standard InChI is InChI=1S/C15H21Br2NO/c1-4-5-6-9-18(11(2)3)15(19)13-10-12(16)7-8-14(13)17/h7-8,10-11H,4-6,9H2,1-3H3. The lowest BCUT2D eigenvalue weighted by atomic mass is 10.1. The predicted molar refractivity (Wildman–Crippen MR) is 87.5 cm³/mol. The van der Waals surface area contributed by atoms with Crippen molar-refractivity contribution in [2.24, 2.45) is 0 Å². The van der Waals surface area contributed by atoms with Gasteiger partial charge in [0.25, 0.3) is 5.91 Å². The Morgan fingerprint density at radius 1 is 1.26 bits per heavy atom. The molecule has 0 N–H and O–H groups in total. The van der Waals surface area contributed by atoms with Crippen LogP contribution in [-0.2, 0) is 0 Å². The Hall–Kier alpha value is -0.350. The van der Waals surface area contributed by atoms with Crippen molar-refractivity contribution in [3.8, 4) is 0 Å². The Labute approximate surface area is 132 Å². The van der Waals surface area contributed by atoms with Gasteiger partial charge in [0.2, 0.25) is 0 Å². The summed E-state index contributed by atoms with van der Waals surface area (Å²) in [7, 11) is 0. The number of carbonyl (C=O) groups excluding carboxylic acids is 1. The third-order valence-electron chi connectivity index (χ3n) is 3.05. The van der Waals surface area contributed by atoms with E-state index in [1.807, 2.05) is 23.1 Å². The van der Waals surface area contributed by atoms with E-state index in [1.54, 1.807) is 0 Å². The second kappa shape index (κ2) is 8.05. The van der Waals surface area contributed by atoms with E-state index in [9.17, 15) is 4.79 Å². The average molecular weight is 391 g/mol. The zero-order chi connectivity index (χ0) is 14.4. The minimum absolute atomic E-state index is 0.0966. The number of benzene rings is 1. The number of amides is 1. The highest BCUT2D eigenvalue weighted by Gasteiger charge is 2.20. The van der Waals surface area contributed by atoms with Crippen LogP contribution in [0.3, 0.4) is 0 Å². The van der Waals surface area contributed by atoms with Crippen LogP contribution < -0.4 is 0 Å². The van der Waals surface area contributed by atoms with Crippen molar-refractivity contribution in [1.29, 1.82) is 0 Å². The zero-order valence-corrected chi connectivity index (χ0v) is 14.9. The number of nitrogens with zero attached hydrogens (tertiary/aromatic N) is 1. The molecule has 1 rings (SSSR count). The van der Waals surface area contributed by atoms with Crippen LogP contribution >= 0.6 is 31.9 Å². The Morgan fingerprint density at radius 3 is 2.53 bits per heavy atom. The molecule has 0 bridgehead atoms.